The maximum Gasteiger partial charge on any atom is 0.136 e. The van der Waals surface area contributed by atoms with Gasteiger partial charge < -0.3 is 0 Å². The molecule has 0 aromatic heterocycles. The van der Waals surface area contributed by atoms with Crippen LogP contribution in [0.3, 0.4) is 0 Å². The molecule has 14 heavy (non-hydrogen) atoms. The van der Waals surface area contributed by atoms with Gasteiger partial charge in [0.05, 0.1) is 0 Å². The van der Waals surface area contributed by atoms with Crippen molar-refractivity contribution in [3.05, 3.63) is 0 Å². The predicted molar refractivity (Wildman–Crippen MR) is 53.8 cm³/mol. The number of carbonyl (C=O) groups is 2. The average Bonchev–Trinajstić information content (AvgIpc) is 2.05. The molecule has 3 aliphatic rings. The zero-order chi connectivity index (χ0) is 10.5. The van der Waals surface area contributed by atoms with Crippen molar-refractivity contribution in [2.24, 2.45) is 23.2 Å². The quantitative estimate of drug-likeness (QED) is 0.641. The zero-order valence-corrected chi connectivity index (χ0v) is 9.17. The first-order valence-electron chi connectivity index (χ1n) is 5.45. The molecular formula is C12H18O2. The Morgan fingerprint density at radius 3 is 2.57 bits per heavy atom. The fourth-order valence-corrected chi connectivity index (χ4v) is 3.38. The van der Waals surface area contributed by atoms with Gasteiger partial charge in [0.1, 0.15) is 11.6 Å². The third-order valence-corrected chi connectivity index (χ3v) is 4.20. The molecule has 0 spiro atoms. The van der Waals surface area contributed by atoms with Gasteiger partial charge in [-0.25, -0.2) is 0 Å². The molecule has 0 aliphatic heterocycles. The normalized spacial score (nSPS) is 39.9. The zero-order valence-electron chi connectivity index (χ0n) is 9.17. The first-order chi connectivity index (χ1) is 6.42. The van der Waals surface area contributed by atoms with E-state index in [0.717, 1.165) is 12.8 Å². The molecule has 0 unspecified atom stereocenters. The van der Waals surface area contributed by atoms with Gasteiger partial charge in [0, 0.05) is 18.3 Å². The fraction of sp³-hybridized carbons (Fsp3) is 0.833. The van der Waals surface area contributed by atoms with E-state index in [9.17, 15) is 9.59 Å². The Balaban J connectivity index is 2.30. The van der Waals surface area contributed by atoms with E-state index < -0.39 is 0 Å². The van der Waals surface area contributed by atoms with E-state index in [0.29, 0.717) is 18.1 Å². The summed E-state index contributed by atoms with van der Waals surface area (Å²) in [7, 11) is 0. The van der Waals surface area contributed by atoms with E-state index in [1.54, 1.807) is 6.92 Å². The van der Waals surface area contributed by atoms with Gasteiger partial charge in [0.25, 0.3) is 0 Å². The highest BCUT2D eigenvalue weighted by molar-refractivity contribution is 5.87. The molecule has 3 atom stereocenters. The Morgan fingerprint density at radius 1 is 1.43 bits per heavy atom. The van der Waals surface area contributed by atoms with Crippen molar-refractivity contribution in [1.82, 2.24) is 0 Å². The number of rotatable bonds is 1. The molecule has 78 valence electrons. The topological polar surface area (TPSA) is 34.1 Å². The first-order valence-corrected chi connectivity index (χ1v) is 5.45. The first kappa shape index (κ1) is 9.88. The summed E-state index contributed by atoms with van der Waals surface area (Å²) in [6, 6.07) is 0. The van der Waals surface area contributed by atoms with Gasteiger partial charge in [0.15, 0.2) is 0 Å². The van der Waals surface area contributed by atoms with Crippen LogP contribution in [0.5, 0.6) is 0 Å². The highest BCUT2D eigenvalue weighted by Gasteiger charge is 2.51. The molecule has 2 heteroatoms. The van der Waals surface area contributed by atoms with E-state index in [4.69, 9.17) is 0 Å². The van der Waals surface area contributed by atoms with Crippen LogP contribution in [-0.2, 0) is 9.59 Å². The van der Waals surface area contributed by atoms with Crippen LogP contribution in [0.4, 0.5) is 0 Å². The number of Topliss-reactive ketones (excluding diaryl/α,β-unsaturated/α-hetero) is 2. The van der Waals surface area contributed by atoms with Crippen molar-refractivity contribution in [3.8, 4) is 0 Å². The largest absolute Gasteiger partial charge is 0.300 e. The second-order valence-electron chi connectivity index (χ2n) is 5.62. The highest BCUT2D eigenvalue weighted by atomic mass is 16.1. The van der Waals surface area contributed by atoms with E-state index in [1.165, 1.54) is 0 Å². The Kier molecular flexibility index (Phi) is 2.06. The lowest BCUT2D eigenvalue weighted by atomic mass is 9.52. The van der Waals surface area contributed by atoms with E-state index in [-0.39, 0.29) is 23.0 Å². The molecule has 0 aromatic rings. The maximum absolute atomic E-state index is 11.6. The van der Waals surface area contributed by atoms with Gasteiger partial charge in [0.2, 0.25) is 0 Å². The molecule has 3 fully saturated rings. The minimum absolute atomic E-state index is 0.154. The number of fused-ring (bicyclic) bond motifs is 3. The standard InChI is InChI=1S/C12H18O2/c1-7(13)9-4-8-6-12(2,3)10(9)5-11(8)14/h8-10H,4-6H2,1-3H3/t8-,9+,10+/m0/s1. The Bertz CT molecular complexity index is 291. The lowest BCUT2D eigenvalue weighted by Gasteiger charge is -2.50. The highest BCUT2D eigenvalue weighted by Crippen LogP contribution is 2.53. The summed E-state index contributed by atoms with van der Waals surface area (Å²) in [5.74, 6) is 1.30. The molecule has 0 radical (unpaired) electrons. The third-order valence-electron chi connectivity index (χ3n) is 4.20. The van der Waals surface area contributed by atoms with Crippen LogP contribution in [-0.4, -0.2) is 11.6 Å². The maximum atomic E-state index is 11.6. The predicted octanol–water partition coefficient (Wildman–Crippen LogP) is 2.22. The second kappa shape index (κ2) is 2.91. The molecule has 0 saturated heterocycles. The summed E-state index contributed by atoms with van der Waals surface area (Å²) >= 11 is 0. The number of carbonyl (C=O) groups excluding carboxylic acids is 2. The molecule has 0 aromatic carbocycles. The number of hydrogen-bond acceptors (Lipinski definition) is 2. The SMILES string of the molecule is CC(=O)[C@H]1C[C@H]2CC(C)(C)[C@@H]1CC2=O. The third kappa shape index (κ3) is 1.32. The molecule has 0 heterocycles. The van der Waals surface area contributed by atoms with E-state index >= 15 is 0 Å². The van der Waals surface area contributed by atoms with Gasteiger partial charge in [-0.15, -0.1) is 0 Å². The molecule has 0 amide bonds. The summed E-state index contributed by atoms with van der Waals surface area (Å²) in [5, 5.41) is 0. The van der Waals surface area contributed by atoms with Gasteiger partial charge in [-0.2, -0.15) is 0 Å². The van der Waals surface area contributed by atoms with Crippen LogP contribution in [0.15, 0.2) is 0 Å². The lowest BCUT2D eigenvalue weighted by Crippen LogP contribution is -2.50. The van der Waals surface area contributed by atoms with Crippen molar-refractivity contribution in [2.45, 2.75) is 40.0 Å². The lowest BCUT2D eigenvalue weighted by molar-refractivity contribution is -0.145. The van der Waals surface area contributed by atoms with Crippen molar-refractivity contribution in [1.29, 1.82) is 0 Å². The summed E-state index contributed by atoms with van der Waals surface area (Å²) < 4.78 is 0. The summed E-state index contributed by atoms with van der Waals surface area (Å²) in [6.45, 7) is 6.07. The minimum Gasteiger partial charge on any atom is -0.300 e. The minimum atomic E-state index is 0.154. The van der Waals surface area contributed by atoms with Crippen molar-refractivity contribution in [2.75, 3.05) is 0 Å². The van der Waals surface area contributed by atoms with Crippen molar-refractivity contribution in [3.63, 3.8) is 0 Å². The van der Waals surface area contributed by atoms with Crippen molar-refractivity contribution < 1.29 is 9.59 Å². The smallest absolute Gasteiger partial charge is 0.136 e. The monoisotopic (exact) mass is 194 g/mol. The Morgan fingerprint density at radius 2 is 2.07 bits per heavy atom. The molecule has 2 nitrogen and oxygen atoms in total. The number of ketones is 2. The van der Waals surface area contributed by atoms with Crippen LogP contribution >= 0.6 is 0 Å². The fourth-order valence-electron chi connectivity index (χ4n) is 3.38. The van der Waals surface area contributed by atoms with Crippen LogP contribution in [0, 0.1) is 23.2 Å². The van der Waals surface area contributed by atoms with Gasteiger partial charge in [-0.3, -0.25) is 9.59 Å². The molecule has 3 aliphatic carbocycles. The number of hydrogen-bond donors (Lipinski definition) is 0. The molecule has 3 rings (SSSR count). The van der Waals surface area contributed by atoms with E-state index in [1.807, 2.05) is 0 Å². The van der Waals surface area contributed by atoms with Crippen LogP contribution < -0.4 is 0 Å². The average molecular weight is 194 g/mol. The van der Waals surface area contributed by atoms with Gasteiger partial charge >= 0.3 is 0 Å². The molecule has 2 bridgehead atoms. The van der Waals surface area contributed by atoms with E-state index in [2.05, 4.69) is 13.8 Å². The Hall–Kier alpha value is -0.660. The van der Waals surface area contributed by atoms with Gasteiger partial charge in [-0.05, 0) is 31.1 Å². The molecule has 0 N–H and O–H groups in total. The van der Waals surface area contributed by atoms with Crippen LogP contribution in [0.25, 0.3) is 0 Å². The summed E-state index contributed by atoms with van der Waals surface area (Å²) in [4.78, 5) is 23.1. The Labute approximate surface area is 85.1 Å². The summed E-state index contributed by atoms with van der Waals surface area (Å²) in [5.41, 5.74) is 0.188. The molecular weight excluding hydrogens is 176 g/mol. The summed E-state index contributed by atoms with van der Waals surface area (Å²) in [6.07, 6.45) is 2.45. The molecule has 3 saturated carbocycles. The van der Waals surface area contributed by atoms with Crippen LogP contribution in [0.1, 0.15) is 40.0 Å². The van der Waals surface area contributed by atoms with Gasteiger partial charge in [-0.1, -0.05) is 13.8 Å². The van der Waals surface area contributed by atoms with Crippen molar-refractivity contribution >= 4 is 11.6 Å². The van der Waals surface area contributed by atoms with Crippen LogP contribution in [0.2, 0.25) is 0 Å². The second-order valence-corrected chi connectivity index (χ2v) is 5.62.